The Bertz CT molecular complexity index is 1510. The Hall–Kier alpha value is -2.49. The summed E-state index contributed by atoms with van der Waals surface area (Å²) < 4.78 is 59.9. The summed E-state index contributed by atoms with van der Waals surface area (Å²) in [5.41, 5.74) is 1.90. The summed E-state index contributed by atoms with van der Waals surface area (Å²) in [6.07, 6.45) is 4.45. The number of nitrogens with one attached hydrogen (secondary N) is 1. The van der Waals surface area contributed by atoms with Crippen LogP contribution < -0.4 is 5.32 Å². The van der Waals surface area contributed by atoms with Crippen molar-refractivity contribution in [1.82, 2.24) is 25.0 Å². The molecule has 0 amide bonds. The molecule has 4 aliphatic rings. The zero-order chi connectivity index (χ0) is 31.1. The van der Waals surface area contributed by atoms with E-state index >= 15 is 0 Å². The number of thioether (sulfide) groups is 1. The Labute approximate surface area is 265 Å². The lowest BCUT2D eigenvalue weighted by molar-refractivity contribution is -0.184. The van der Waals surface area contributed by atoms with Crippen molar-refractivity contribution in [3.8, 4) is 0 Å². The van der Waals surface area contributed by atoms with E-state index in [1.165, 1.54) is 12.1 Å². The summed E-state index contributed by atoms with van der Waals surface area (Å²) in [4.78, 5) is 9.69. The van der Waals surface area contributed by atoms with Crippen LogP contribution >= 0.6 is 11.8 Å². The van der Waals surface area contributed by atoms with Crippen molar-refractivity contribution < 1.29 is 32.5 Å². The second-order valence-corrected chi connectivity index (χ2v) is 13.7. The van der Waals surface area contributed by atoms with Crippen molar-refractivity contribution >= 4 is 28.7 Å². The van der Waals surface area contributed by atoms with Gasteiger partial charge in [-0.2, -0.15) is 0 Å². The van der Waals surface area contributed by atoms with Crippen LogP contribution in [0.3, 0.4) is 0 Å². The van der Waals surface area contributed by atoms with E-state index in [0.29, 0.717) is 41.8 Å². The molecule has 2 aliphatic carbocycles. The van der Waals surface area contributed by atoms with Gasteiger partial charge in [0.2, 0.25) is 0 Å². The van der Waals surface area contributed by atoms with E-state index in [9.17, 15) is 8.78 Å². The van der Waals surface area contributed by atoms with Gasteiger partial charge in [-0.15, -0.1) is 5.10 Å². The first kappa shape index (κ1) is 31.1. The standard InChI is InChI=1S/C31H40F2N6O5S/c1-4-13-45-30-35-28(34-21-15-18(21)17-8-9-19(32)20(33)14-17)25-29(36-30)39(38-37-25)22-16-23(27-26(22)43-31(2,3)44-27)40-11-12-42-24-7-5-6-10-41-24/h8-9,14,18,21-24,26-27H,4-7,10-13,15-16H2,1-3H3,(H,34,35,36)/t18-,21+,22+,23-,24?,26-,27+/m0/s1. The molecule has 2 aliphatic heterocycles. The molecule has 2 aromatic heterocycles. The quantitative estimate of drug-likeness (QED) is 0.156. The first-order chi connectivity index (χ1) is 21.8. The fourth-order valence-corrected chi connectivity index (χ4v) is 7.26. The summed E-state index contributed by atoms with van der Waals surface area (Å²) in [5.74, 6) is -0.985. The average molecular weight is 647 g/mol. The third-order valence-electron chi connectivity index (χ3n) is 8.78. The number of rotatable bonds is 12. The Morgan fingerprint density at radius 3 is 2.71 bits per heavy atom. The van der Waals surface area contributed by atoms with Gasteiger partial charge in [0.15, 0.2) is 45.8 Å². The molecule has 3 aromatic rings. The molecule has 0 bridgehead atoms. The molecule has 45 heavy (non-hydrogen) atoms. The first-order valence-electron chi connectivity index (χ1n) is 16.0. The van der Waals surface area contributed by atoms with Crippen molar-refractivity contribution in [2.75, 3.05) is 30.9 Å². The van der Waals surface area contributed by atoms with Gasteiger partial charge in [0.1, 0.15) is 12.2 Å². The van der Waals surface area contributed by atoms with Crippen LogP contribution in [0, 0.1) is 11.6 Å². The molecule has 2 saturated carbocycles. The maximum absolute atomic E-state index is 13.9. The Balaban J connectivity index is 1.11. The first-order valence-corrected chi connectivity index (χ1v) is 17.0. The summed E-state index contributed by atoms with van der Waals surface area (Å²) in [6.45, 7) is 7.51. The highest BCUT2D eigenvalue weighted by atomic mass is 32.2. The number of benzene rings is 1. The van der Waals surface area contributed by atoms with E-state index in [0.717, 1.165) is 50.0 Å². The SMILES string of the molecule is CCCSc1nc(N[C@@H]2C[C@H]2c2ccc(F)c(F)c2)c2nnn([C@@H]3C[C@H](OCCOC4CCCCO4)[C@H]4OC(C)(C)O[C@H]43)c2n1. The Morgan fingerprint density at radius 1 is 1.07 bits per heavy atom. The van der Waals surface area contributed by atoms with Gasteiger partial charge in [-0.1, -0.05) is 30.0 Å². The number of hydrogen-bond acceptors (Lipinski definition) is 11. The molecule has 14 heteroatoms. The molecular weight excluding hydrogens is 606 g/mol. The van der Waals surface area contributed by atoms with Gasteiger partial charge in [-0.05, 0) is 63.6 Å². The number of anilines is 1. The predicted molar refractivity (Wildman–Crippen MR) is 162 cm³/mol. The van der Waals surface area contributed by atoms with Gasteiger partial charge in [0, 0.05) is 30.7 Å². The second-order valence-electron chi connectivity index (χ2n) is 12.6. The van der Waals surface area contributed by atoms with Crippen LogP contribution in [0.15, 0.2) is 23.4 Å². The molecule has 4 fully saturated rings. The molecule has 0 radical (unpaired) electrons. The van der Waals surface area contributed by atoms with E-state index in [1.807, 2.05) is 18.5 Å². The fourth-order valence-electron chi connectivity index (χ4n) is 6.57. The smallest absolute Gasteiger partial charge is 0.191 e. The van der Waals surface area contributed by atoms with Crippen LogP contribution in [0.2, 0.25) is 0 Å². The molecule has 1 aromatic carbocycles. The van der Waals surface area contributed by atoms with E-state index in [2.05, 4.69) is 22.6 Å². The molecule has 2 saturated heterocycles. The van der Waals surface area contributed by atoms with Crippen LogP contribution in [0.4, 0.5) is 14.6 Å². The highest BCUT2D eigenvalue weighted by Crippen LogP contribution is 2.47. The van der Waals surface area contributed by atoms with E-state index in [1.54, 1.807) is 17.8 Å². The summed E-state index contributed by atoms with van der Waals surface area (Å²) in [5, 5.41) is 13.2. The molecule has 7 atom stereocenters. The van der Waals surface area contributed by atoms with Gasteiger partial charge < -0.3 is 29.0 Å². The van der Waals surface area contributed by atoms with E-state index in [-0.39, 0.29) is 42.6 Å². The molecule has 0 spiro atoms. The number of hydrogen-bond donors (Lipinski definition) is 1. The van der Waals surface area contributed by atoms with Crippen LogP contribution in [0.1, 0.15) is 76.8 Å². The minimum Gasteiger partial charge on any atom is -0.373 e. The predicted octanol–water partition coefficient (Wildman–Crippen LogP) is 5.36. The van der Waals surface area contributed by atoms with Gasteiger partial charge in [0.05, 0.1) is 25.4 Å². The maximum atomic E-state index is 13.9. The summed E-state index contributed by atoms with van der Waals surface area (Å²) in [7, 11) is 0. The maximum Gasteiger partial charge on any atom is 0.191 e. The molecular formula is C31H40F2N6O5S. The molecule has 11 nitrogen and oxygen atoms in total. The second kappa shape index (κ2) is 13.0. The summed E-state index contributed by atoms with van der Waals surface area (Å²) >= 11 is 1.57. The highest BCUT2D eigenvalue weighted by molar-refractivity contribution is 7.99. The largest absolute Gasteiger partial charge is 0.373 e. The van der Waals surface area contributed by atoms with Crippen LogP contribution in [0.5, 0.6) is 0 Å². The molecule has 1 unspecified atom stereocenters. The number of fused-ring (bicyclic) bond motifs is 2. The van der Waals surface area contributed by atoms with Gasteiger partial charge in [-0.3, -0.25) is 0 Å². The van der Waals surface area contributed by atoms with Crippen molar-refractivity contribution in [2.45, 2.75) is 113 Å². The van der Waals surface area contributed by atoms with Crippen LogP contribution in [0.25, 0.3) is 11.2 Å². The lowest BCUT2D eigenvalue weighted by Crippen LogP contribution is -2.32. The summed E-state index contributed by atoms with van der Waals surface area (Å²) in [6, 6.07) is 3.86. The molecule has 7 rings (SSSR count). The zero-order valence-electron chi connectivity index (χ0n) is 25.8. The number of aromatic nitrogens is 5. The lowest BCUT2D eigenvalue weighted by atomic mass is 10.1. The van der Waals surface area contributed by atoms with Gasteiger partial charge in [0.25, 0.3) is 0 Å². The normalized spacial score (nSPS) is 30.6. The van der Waals surface area contributed by atoms with Gasteiger partial charge in [-0.25, -0.2) is 23.4 Å². The van der Waals surface area contributed by atoms with Crippen molar-refractivity contribution in [3.05, 3.63) is 35.4 Å². The van der Waals surface area contributed by atoms with Gasteiger partial charge >= 0.3 is 0 Å². The van der Waals surface area contributed by atoms with Crippen molar-refractivity contribution in [2.24, 2.45) is 0 Å². The highest BCUT2D eigenvalue weighted by Gasteiger charge is 2.56. The molecule has 4 heterocycles. The topological polar surface area (TPSA) is 115 Å². The number of nitrogens with zero attached hydrogens (tertiary/aromatic N) is 5. The molecule has 1 N–H and O–H groups in total. The van der Waals surface area contributed by atoms with Crippen molar-refractivity contribution in [1.29, 1.82) is 0 Å². The Morgan fingerprint density at radius 2 is 1.91 bits per heavy atom. The Kier molecular flexibility index (Phi) is 8.96. The third-order valence-corrected chi connectivity index (χ3v) is 9.83. The number of ether oxygens (including phenoxy) is 5. The fraction of sp³-hybridized carbons (Fsp3) is 0.677. The lowest BCUT2D eigenvalue weighted by Gasteiger charge is -2.25. The van der Waals surface area contributed by atoms with E-state index < -0.39 is 17.4 Å². The number of halogens is 2. The average Bonchev–Trinajstić information content (AvgIpc) is 3.36. The van der Waals surface area contributed by atoms with Crippen LogP contribution in [-0.4, -0.2) is 87.0 Å². The van der Waals surface area contributed by atoms with Crippen LogP contribution in [-0.2, 0) is 23.7 Å². The zero-order valence-corrected chi connectivity index (χ0v) is 26.6. The monoisotopic (exact) mass is 646 g/mol. The van der Waals surface area contributed by atoms with E-state index in [4.69, 9.17) is 33.7 Å². The van der Waals surface area contributed by atoms with Crippen molar-refractivity contribution in [3.63, 3.8) is 0 Å². The third kappa shape index (κ3) is 6.68. The minimum atomic E-state index is -0.847. The molecule has 244 valence electrons. The minimum absolute atomic E-state index is 0.00405.